The van der Waals surface area contributed by atoms with E-state index in [4.69, 9.17) is 0 Å². The summed E-state index contributed by atoms with van der Waals surface area (Å²) in [4.78, 5) is 13.8. The molecular formula is C13H8BrN3OS2. The minimum absolute atomic E-state index is 0.193. The highest BCUT2D eigenvalue weighted by Gasteiger charge is 2.18. The number of carbonyl (C=O) groups excluding carboxylic acids is 1. The van der Waals surface area contributed by atoms with E-state index in [1.165, 1.54) is 11.3 Å². The molecule has 0 spiro atoms. The van der Waals surface area contributed by atoms with E-state index in [1.54, 1.807) is 0 Å². The highest BCUT2D eigenvalue weighted by Crippen LogP contribution is 2.28. The Morgan fingerprint density at radius 1 is 1.25 bits per heavy atom. The summed E-state index contributed by atoms with van der Waals surface area (Å²) < 4.78 is 4.80. The van der Waals surface area contributed by atoms with Crippen LogP contribution in [-0.4, -0.2) is 15.5 Å². The normalized spacial score (nSPS) is 10.4. The van der Waals surface area contributed by atoms with Gasteiger partial charge in [0.25, 0.3) is 5.91 Å². The van der Waals surface area contributed by atoms with Gasteiger partial charge in [0, 0.05) is 10.2 Å². The predicted octanol–water partition coefficient (Wildman–Crippen LogP) is 4.28. The van der Waals surface area contributed by atoms with Crippen LogP contribution in [0.4, 0.5) is 5.69 Å². The summed E-state index contributed by atoms with van der Waals surface area (Å²) >= 11 is 6.01. The number of aromatic nitrogens is 2. The molecule has 0 saturated carbocycles. The molecule has 0 bridgehead atoms. The highest BCUT2D eigenvalue weighted by atomic mass is 79.9. The predicted molar refractivity (Wildman–Crippen MR) is 85.3 cm³/mol. The van der Waals surface area contributed by atoms with Crippen LogP contribution < -0.4 is 5.32 Å². The first-order valence-corrected chi connectivity index (χ1v) is 8.12. The van der Waals surface area contributed by atoms with Crippen molar-refractivity contribution in [3.8, 4) is 10.6 Å². The quantitative estimate of drug-likeness (QED) is 0.753. The van der Waals surface area contributed by atoms with Gasteiger partial charge in [-0.05, 0) is 41.2 Å². The van der Waals surface area contributed by atoms with Crippen LogP contribution in [0.5, 0.6) is 0 Å². The van der Waals surface area contributed by atoms with E-state index >= 15 is 0 Å². The van der Waals surface area contributed by atoms with Crippen LogP contribution in [0.3, 0.4) is 0 Å². The summed E-state index contributed by atoms with van der Waals surface area (Å²) in [6, 6.07) is 11.3. The zero-order valence-corrected chi connectivity index (χ0v) is 13.3. The van der Waals surface area contributed by atoms with E-state index < -0.39 is 0 Å². The van der Waals surface area contributed by atoms with E-state index in [2.05, 4.69) is 30.8 Å². The molecule has 1 amide bonds. The average Bonchev–Trinajstić information content (AvgIpc) is 3.09. The monoisotopic (exact) mass is 365 g/mol. The second kappa shape index (κ2) is 5.82. The molecule has 3 rings (SSSR count). The molecule has 1 aromatic carbocycles. The third-order valence-electron chi connectivity index (χ3n) is 2.53. The molecule has 100 valence electrons. The lowest BCUT2D eigenvalue weighted by Crippen LogP contribution is -2.11. The minimum Gasteiger partial charge on any atom is -0.321 e. The summed E-state index contributed by atoms with van der Waals surface area (Å²) in [7, 11) is 0. The van der Waals surface area contributed by atoms with Crippen LogP contribution in [0.25, 0.3) is 10.6 Å². The molecule has 20 heavy (non-hydrogen) atoms. The molecule has 0 aliphatic carbocycles. The summed E-state index contributed by atoms with van der Waals surface area (Å²) in [6.45, 7) is 0. The number of thiophene rings is 1. The highest BCUT2D eigenvalue weighted by molar-refractivity contribution is 9.10. The number of rotatable bonds is 3. The van der Waals surface area contributed by atoms with Gasteiger partial charge >= 0.3 is 0 Å². The van der Waals surface area contributed by atoms with Gasteiger partial charge in [0.15, 0.2) is 0 Å². The second-order valence-corrected chi connectivity index (χ2v) is 6.51. The Balaban J connectivity index is 1.87. The summed E-state index contributed by atoms with van der Waals surface area (Å²) in [5.74, 6) is -0.193. The van der Waals surface area contributed by atoms with Crippen molar-refractivity contribution in [1.82, 2.24) is 9.59 Å². The summed E-state index contributed by atoms with van der Waals surface area (Å²) in [6.07, 6.45) is 0. The van der Waals surface area contributed by atoms with Gasteiger partial charge in [0.1, 0.15) is 10.6 Å². The van der Waals surface area contributed by atoms with Gasteiger partial charge in [0.2, 0.25) is 0 Å². The van der Waals surface area contributed by atoms with Gasteiger partial charge in [-0.2, -0.15) is 0 Å². The number of benzene rings is 1. The largest absolute Gasteiger partial charge is 0.321 e. The Kier molecular flexibility index (Phi) is 3.90. The zero-order chi connectivity index (χ0) is 13.9. The van der Waals surface area contributed by atoms with Crippen molar-refractivity contribution in [3.63, 3.8) is 0 Å². The first-order valence-electron chi connectivity index (χ1n) is 5.67. The molecule has 2 heterocycles. The van der Waals surface area contributed by atoms with Crippen molar-refractivity contribution in [3.05, 3.63) is 51.1 Å². The van der Waals surface area contributed by atoms with Gasteiger partial charge in [-0.15, -0.1) is 16.4 Å². The Labute approximate surface area is 131 Å². The number of amides is 1. The molecule has 0 aliphatic heterocycles. The second-order valence-electron chi connectivity index (χ2n) is 3.89. The number of hydrogen-bond donors (Lipinski definition) is 1. The fraction of sp³-hybridized carbons (Fsp3) is 0. The maximum Gasteiger partial charge on any atom is 0.269 e. The first-order chi connectivity index (χ1) is 9.74. The molecule has 0 saturated heterocycles. The molecule has 0 unspecified atom stereocenters. The van der Waals surface area contributed by atoms with Crippen molar-refractivity contribution < 1.29 is 4.79 Å². The number of halogens is 1. The van der Waals surface area contributed by atoms with Crippen LogP contribution in [0.15, 0.2) is 46.3 Å². The molecular weight excluding hydrogens is 358 g/mol. The lowest BCUT2D eigenvalue weighted by molar-refractivity contribution is 0.103. The molecule has 0 atom stereocenters. The minimum atomic E-state index is -0.193. The van der Waals surface area contributed by atoms with Crippen molar-refractivity contribution in [1.29, 1.82) is 0 Å². The van der Waals surface area contributed by atoms with Crippen LogP contribution in [-0.2, 0) is 0 Å². The zero-order valence-electron chi connectivity index (χ0n) is 10.0. The summed E-state index contributed by atoms with van der Waals surface area (Å²) in [5, 5.41) is 8.85. The number of anilines is 1. The van der Waals surface area contributed by atoms with Crippen molar-refractivity contribution in [2.24, 2.45) is 0 Å². The maximum atomic E-state index is 12.3. The van der Waals surface area contributed by atoms with Crippen LogP contribution in [0.1, 0.15) is 9.67 Å². The molecule has 3 aromatic rings. The number of carbonyl (C=O) groups is 1. The molecule has 4 nitrogen and oxygen atoms in total. The summed E-state index contributed by atoms with van der Waals surface area (Å²) in [5.41, 5.74) is 1.37. The number of hydrogen-bond acceptors (Lipinski definition) is 5. The van der Waals surface area contributed by atoms with E-state index in [0.717, 1.165) is 26.6 Å². The topological polar surface area (TPSA) is 54.9 Å². The molecule has 0 radical (unpaired) electrons. The first kappa shape index (κ1) is 13.4. The van der Waals surface area contributed by atoms with Gasteiger partial charge < -0.3 is 5.32 Å². The van der Waals surface area contributed by atoms with Gasteiger partial charge in [-0.25, -0.2) is 0 Å². The third kappa shape index (κ3) is 2.79. The molecule has 1 N–H and O–H groups in total. The van der Waals surface area contributed by atoms with Gasteiger partial charge in [-0.3, -0.25) is 4.79 Å². The SMILES string of the molecule is O=C(Nc1cccc(Br)c1)c1snnc1-c1cccs1. The Bertz CT molecular complexity index is 740. The lowest BCUT2D eigenvalue weighted by Gasteiger charge is -2.04. The van der Waals surface area contributed by atoms with Gasteiger partial charge in [-0.1, -0.05) is 32.6 Å². The fourth-order valence-corrected chi connectivity index (χ4v) is 3.42. The Morgan fingerprint density at radius 2 is 2.15 bits per heavy atom. The van der Waals surface area contributed by atoms with E-state index in [9.17, 15) is 4.79 Å². The molecule has 7 heteroatoms. The maximum absolute atomic E-state index is 12.3. The Hall–Kier alpha value is -1.57. The van der Waals surface area contributed by atoms with E-state index in [0.29, 0.717) is 10.6 Å². The smallest absolute Gasteiger partial charge is 0.269 e. The van der Waals surface area contributed by atoms with Crippen LogP contribution >= 0.6 is 38.8 Å². The Morgan fingerprint density at radius 3 is 2.90 bits per heavy atom. The van der Waals surface area contributed by atoms with Crippen molar-refractivity contribution in [2.75, 3.05) is 5.32 Å². The van der Waals surface area contributed by atoms with Crippen molar-refractivity contribution in [2.45, 2.75) is 0 Å². The standard InChI is InChI=1S/C13H8BrN3OS2/c14-8-3-1-4-9(7-8)15-13(18)12-11(16-17-20-12)10-5-2-6-19-10/h1-7H,(H,15,18). The van der Waals surface area contributed by atoms with Crippen LogP contribution in [0.2, 0.25) is 0 Å². The number of nitrogens with zero attached hydrogens (tertiary/aromatic N) is 2. The van der Waals surface area contributed by atoms with E-state index in [-0.39, 0.29) is 5.91 Å². The van der Waals surface area contributed by atoms with Crippen molar-refractivity contribution >= 4 is 50.4 Å². The molecule has 0 fully saturated rings. The fourth-order valence-electron chi connectivity index (χ4n) is 1.67. The van der Waals surface area contributed by atoms with E-state index in [1.807, 2.05) is 41.8 Å². The number of nitrogens with one attached hydrogen (secondary N) is 1. The third-order valence-corrected chi connectivity index (χ3v) is 4.63. The lowest BCUT2D eigenvalue weighted by atomic mass is 10.2. The average molecular weight is 366 g/mol. The molecule has 2 aromatic heterocycles. The van der Waals surface area contributed by atoms with Gasteiger partial charge in [0.05, 0.1) is 4.88 Å². The van der Waals surface area contributed by atoms with Crippen LogP contribution in [0, 0.1) is 0 Å². The molecule has 0 aliphatic rings.